The van der Waals surface area contributed by atoms with Crippen LogP contribution in [-0.4, -0.2) is 35.9 Å². The van der Waals surface area contributed by atoms with Gasteiger partial charge in [0.1, 0.15) is 11.5 Å². The summed E-state index contributed by atoms with van der Waals surface area (Å²) in [5.74, 6) is -0.979. The Morgan fingerprint density at radius 3 is 2.40 bits per heavy atom. The van der Waals surface area contributed by atoms with Gasteiger partial charge in [-0.15, -0.1) is 23.2 Å². The van der Waals surface area contributed by atoms with Crippen molar-refractivity contribution in [3.63, 3.8) is 0 Å². The van der Waals surface area contributed by atoms with E-state index < -0.39 is 22.2 Å². The molecule has 4 nitrogen and oxygen atoms in total. The number of carbonyl (C=O) groups is 2. The Morgan fingerprint density at radius 1 is 1.47 bits per heavy atom. The third kappa shape index (κ3) is 5.85. The summed E-state index contributed by atoms with van der Waals surface area (Å²) in [4.78, 5) is 20.5. The minimum absolute atomic E-state index is 0.0240. The minimum Gasteiger partial charge on any atom is -0.468 e. The lowest BCUT2D eigenvalue weighted by Crippen LogP contribution is -2.34. The Bertz CT molecular complexity index is 240. The van der Waals surface area contributed by atoms with Crippen LogP contribution >= 0.6 is 23.2 Å². The quantitative estimate of drug-likeness (QED) is 0.555. The Hall–Kier alpha value is -0.480. The summed E-state index contributed by atoms with van der Waals surface area (Å²) in [5, 5.41) is -0.518. The normalized spacial score (nSPS) is 16.3. The number of ether oxygens (including phenoxy) is 2. The molecule has 15 heavy (non-hydrogen) atoms. The molecule has 0 bridgehead atoms. The summed E-state index contributed by atoms with van der Waals surface area (Å²) < 4.78 is 9.19. The van der Waals surface area contributed by atoms with Crippen molar-refractivity contribution in [1.29, 1.82) is 0 Å². The van der Waals surface area contributed by atoms with Crippen molar-refractivity contribution < 1.29 is 19.1 Å². The van der Waals surface area contributed by atoms with Crippen LogP contribution in [-0.2, 0) is 19.1 Å². The van der Waals surface area contributed by atoms with Gasteiger partial charge >= 0.3 is 11.9 Å². The molecule has 0 fully saturated rings. The van der Waals surface area contributed by atoms with Crippen molar-refractivity contribution in [1.82, 2.24) is 0 Å². The van der Waals surface area contributed by atoms with Crippen molar-refractivity contribution in [3.05, 3.63) is 0 Å². The highest BCUT2D eigenvalue weighted by molar-refractivity contribution is 6.34. The average molecular weight is 257 g/mol. The molecule has 88 valence electrons. The van der Waals surface area contributed by atoms with Gasteiger partial charge < -0.3 is 9.47 Å². The van der Waals surface area contributed by atoms with Crippen molar-refractivity contribution in [3.8, 4) is 0 Å². The number of halogens is 2. The van der Waals surface area contributed by atoms with Gasteiger partial charge in [0.2, 0.25) is 0 Å². The van der Waals surface area contributed by atoms with Crippen LogP contribution in [0.25, 0.3) is 0 Å². The lowest BCUT2D eigenvalue weighted by Gasteiger charge is -2.21. The topological polar surface area (TPSA) is 52.6 Å². The minimum atomic E-state index is -1.19. The van der Waals surface area contributed by atoms with E-state index in [1.54, 1.807) is 0 Å². The maximum atomic E-state index is 11.2. The van der Waals surface area contributed by atoms with Crippen molar-refractivity contribution in [2.45, 2.75) is 30.5 Å². The summed E-state index contributed by atoms with van der Waals surface area (Å²) in [6.45, 7) is 2.81. The molecule has 0 radical (unpaired) electrons. The number of rotatable bonds is 5. The summed E-state index contributed by atoms with van der Waals surface area (Å²) in [5.41, 5.74) is 0. The van der Waals surface area contributed by atoms with E-state index in [1.165, 1.54) is 21.0 Å². The second-order valence-corrected chi connectivity index (χ2v) is 4.74. The molecule has 0 heterocycles. The molecule has 0 aromatic rings. The Labute approximate surface area is 98.8 Å². The van der Waals surface area contributed by atoms with E-state index in [9.17, 15) is 9.59 Å². The van der Waals surface area contributed by atoms with Crippen molar-refractivity contribution in [2.24, 2.45) is 0 Å². The third-order valence-corrected chi connectivity index (χ3v) is 2.27. The van der Waals surface area contributed by atoms with E-state index in [2.05, 4.69) is 9.47 Å². The maximum absolute atomic E-state index is 11.2. The number of alkyl halides is 2. The molecule has 2 unspecified atom stereocenters. The van der Waals surface area contributed by atoms with Crippen LogP contribution in [0.1, 0.15) is 20.3 Å². The molecule has 0 aliphatic carbocycles. The van der Waals surface area contributed by atoms with Gasteiger partial charge in [0.15, 0.2) is 0 Å². The van der Waals surface area contributed by atoms with Crippen LogP contribution in [0.2, 0.25) is 0 Å². The van der Waals surface area contributed by atoms with Crippen LogP contribution < -0.4 is 0 Å². The molecule has 0 aromatic heterocycles. The lowest BCUT2D eigenvalue weighted by molar-refractivity contribution is -0.143. The van der Waals surface area contributed by atoms with Crippen LogP contribution in [0.15, 0.2) is 0 Å². The summed E-state index contributed by atoms with van der Waals surface area (Å²) in [7, 11) is 1.25. The van der Waals surface area contributed by atoms with Gasteiger partial charge in [-0.3, -0.25) is 9.59 Å². The standard InChI is InChI=1S/C9H14Cl2O4/c1-6(12)15-5-7(10)4-9(2,11)8(13)14-3/h7H,4-5H2,1-3H3. The van der Waals surface area contributed by atoms with Crippen LogP contribution in [0.4, 0.5) is 0 Å². The van der Waals surface area contributed by atoms with Gasteiger partial charge in [-0.1, -0.05) is 0 Å². The molecule has 0 rings (SSSR count). The maximum Gasteiger partial charge on any atom is 0.326 e. The van der Waals surface area contributed by atoms with Gasteiger partial charge in [0.25, 0.3) is 0 Å². The highest BCUT2D eigenvalue weighted by Crippen LogP contribution is 2.25. The first kappa shape index (κ1) is 14.5. The smallest absolute Gasteiger partial charge is 0.326 e. The second-order valence-electron chi connectivity index (χ2n) is 3.29. The van der Waals surface area contributed by atoms with E-state index in [4.69, 9.17) is 23.2 Å². The Kier molecular flexibility index (Phi) is 5.98. The summed E-state index contributed by atoms with van der Waals surface area (Å²) in [6.07, 6.45) is 0.163. The lowest BCUT2D eigenvalue weighted by atomic mass is 10.1. The van der Waals surface area contributed by atoms with E-state index in [-0.39, 0.29) is 13.0 Å². The number of carbonyl (C=O) groups excluding carboxylic acids is 2. The zero-order chi connectivity index (χ0) is 12.1. The molecule has 0 spiro atoms. The fourth-order valence-electron chi connectivity index (χ4n) is 0.979. The molecular weight excluding hydrogens is 243 g/mol. The van der Waals surface area contributed by atoms with Crippen LogP contribution in [0, 0.1) is 0 Å². The van der Waals surface area contributed by atoms with Crippen LogP contribution in [0.3, 0.4) is 0 Å². The molecule has 2 atom stereocenters. The molecule has 0 aliphatic heterocycles. The summed E-state index contributed by atoms with van der Waals surface area (Å²) in [6, 6.07) is 0. The monoisotopic (exact) mass is 256 g/mol. The first-order valence-corrected chi connectivity index (χ1v) is 5.16. The van der Waals surface area contributed by atoms with Crippen molar-refractivity contribution in [2.75, 3.05) is 13.7 Å². The van der Waals surface area contributed by atoms with Gasteiger partial charge in [-0.05, 0) is 13.3 Å². The SMILES string of the molecule is COC(=O)C(C)(Cl)CC(Cl)COC(C)=O. The molecule has 0 aromatic carbocycles. The third-order valence-electron chi connectivity index (χ3n) is 1.68. The molecule has 6 heteroatoms. The average Bonchev–Trinajstić information content (AvgIpc) is 2.12. The van der Waals surface area contributed by atoms with E-state index in [0.717, 1.165) is 0 Å². The number of methoxy groups -OCH3 is 1. The van der Waals surface area contributed by atoms with Gasteiger partial charge in [-0.2, -0.15) is 0 Å². The Balaban J connectivity index is 4.09. The highest BCUT2D eigenvalue weighted by Gasteiger charge is 2.34. The molecule has 0 N–H and O–H groups in total. The highest BCUT2D eigenvalue weighted by atomic mass is 35.5. The molecule has 0 aliphatic rings. The fraction of sp³-hybridized carbons (Fsp3) is 0.778. The van der Waals surface area contributed by atoms with Gasteiger partial charge in [0.05, 0.1) is 12.5 Å². The van der Waals surface area contributed by atoms with E-state index >= 15 is 0 Å². The predicted octanol–water partition coefficient (Wildman–Crippen LogP) is 1.72. The summed E-state index contributed by atoms with van der Waals surface area (Å²) >= 11 is 11.7. The van der Waals surface area contributed by atoms with Gasteiger partial charge in [0, 0.05) is 6.92 Å². The van der Waals surface area contributed by atoms with Gasteiger partial charge in [-0.25, -0.2) is 0 Å². The number of esters is 2. The molecule has 0 amide bonds. The van der Waals surface area contributed by atoms with Crippen molar-refractivity contribution >= 4 is 35.1 Å². The zero-order valence-electron chi connectivity index (χ0n) is 8.88. The first-order chi connectivity index (χ1) is 6.79. The molecule has 0 saturated carbocycles. The van der Waals surface area contributed by atoms with E-state index in [0.29, 0.717) is 0 Å². The molecular formula is C9H14Cl2O4. The first-order valence-electron chi connectivity index (χ1n) is 4.34. The zero-order valence-corrected chi connectivity index (χ0v) is 10.4. The molecule has 0 saturated heterocycles. The largest absolute Gasteiger partial charge is 0.468 e. The number of hydrogen-bond acceptors (Lipinski definition) is 4. The second kappa shape index (κ2) is 6.18. The predicted molar refractivity (Wildman–Crippen MR) is 57.2 cm³/mol. The van der Waals surface area contributed by atoms with E-state index in [1.807, 2.05) is 0 Å². The van der Waals surface area contributed by atoms with Crippen LogP contribution in [0.5, 0.6) is 0 Å². The Morgan fingerprint density at radius 2 is 2.00 bits per heavy atom. The fourth-order valence-corrected chi connectivity index (χ4v) is 1.69. The number of hydrogen-bond donors (Lipinski definition) is 0.